The Balaban J connectivity index is 2.91. The number of ether oxygens (including phenoxy) is 1. The quantitative estimate of drug-likeness (QED) is 0.592. The lowest BCUT2D eigenvalue weighted by atomic mass is 10.1. The molecule has 1 aromatic heterocycles. The molecule has 0 amide bonds. The SMILES string of the molecule is COC(=O)Cc1cnc(Br)c(C#N)c1. The number of nitriles is 1. The van der Waals surface area contributed by atoms with Crippen LogP contribution in [0.4, 0.5) is 0 Å². The second-order valence-electron chi connectivity index (χ2n) is 2.55. The zero-order valence-electron chi connectivity index (χ0n) is 7.45. The summed E-state index contributed by atoms with van der Waals surface area (Å²) in [6.45, 7) is 0. The van der Waals surface area contributed by atoms with Gasteiger partial charge in [0.05, 0.1) is 19.1 Å². The lowest BCUT2D eigenvalue weighted by Crippen LogP contribution is -2.05. The number of hydrogen-bond donors (Lipinski definition) is 0. The van der Waals surface area contributed by atoms with E-state index in [4.69, 9.17) is 5.26 Å². The monoisotopic (exact) mass is 254 g/mol. The number of halogens is 1. The fourth-order valence-corrected chi connectivity index (χ4v) is 1.21. The van der Waals surface area contributed by atoms with E-state index in [-0.39, 0.29) is 12.4 Å². The number of esters is 1. The number of aromatic nitrogens is 1. The summed E-state index contributed by atoms with van der Waals surface area (Å²) in [5.41, 5.74) is 1.07. The van der Waals surface area contributed by atoms with Crippen molar-refractivity contribution in [2.24, 2.45) is 0 Å². The molecule has 0 radical (unpaired) electrons. The molecule has 0 N–H and O–H groups in total. The molecule has 5 heteroatoms. The number of pyridine rings is 1. The minimum absolute atomic E-state index is 0.130. The average molecular weight is 255 g/mol. The maximum absolute atomic E-state index is 10.9. The summed E-state index contributed by atoms with van der Waals surface area (Å²) in [6.07, 6.45) is 1.66. The van der Waals surface area contributed by atoms with E-state index in [2.05, 4.69) is 25.7 Å². The van der Waals surface area contributed by atoms with Gasteiger partial charge in [0, 0.05) is 6.20 Å². The highest BCUT2D eigenvalue weighted by Gasteiger charge is 2.06. The van der Waals surface area contributed by atoms with Gasteiger partial charge in [-0.1, -0.05) is 0 Å². The summed E-state index contributed by atoms with van der Waals surface area (Å²) in [6, 6.07) is 3.57. The molecular formula is C9H7BrN2O2. The zero-order valence-corrected chi connectivity index (χ0v) is 9.04. The smallest absolute Gasteiger partial charge is 0.310 e. The van der Waals surface area contributed by atoms with Crippen LogP contribution in [0.3, 0.4) is 0 Å². The molecule has 0 bridgehead atoms. The molecule has 0 spiro atoms. The highest BCUT2D eigenvalue weighted by Crippen LogP contribution is 2.14. The van der Waals surface area contributed by atoms with Crippen LogP contribution < -0.4 is 0 Å². The van der Waals surface area contributed by atoms with Crippen LogP contribution in [0.25, 0.3) is 0 Å². The molecule has 0 unspecified atom stereocenters. The maximum atomic E-state index is 10.9. The van der Waals surface area contributed by atoms with Crippen molar-refractivity contribution in [1.29, 1.82) is 5.26 Å². The minimum atomic E-state index is -0.349. The Morgan fingerprint density at radius 2 is 2.50 bits per heavy atom. The van der Waals surface area contributed by atoms with Crippen molar-refractivity contribution in [2.45, 2.75) is 6.42 Å². The van der Waals surface area contributed by atoms with Crippen molar-refractivity contribution in [2.75, 3.05) is 7.11 Å². The Kier molecular flexibility index (Phi) is 3.60. The largest absolute Gasteiger partial charge is 0.469 e. The average Bonchev–Trinajstić information content (AvgIpc) is 2.20. The first-order valence-electron chi connectivity index (χ1n) is 3.78. The minimum Gasteiger partial charge on any atom is -0.469 e. The van der Waals surface area contributed by atoms with Gasteiger partial charge in [0.1, 0.15) is 10.7 Å². The highest BCUT2D eigenvalue weighted by molar-refractivity contribution is 9.10. The van der Waals surface area contributed by atoms with Gasteiger partial charge in [-0.25, -0.2) is 4.98 Å². The number of carbonyl (C=O) groups excluding carboxylic acids is 1. The van der Waals surface area contributed by atoms with Crippen LogP contribution in [-0.2, 0) is 16.0 Å². The Morgan fingerprint density at radius 1 is 1.79 bits per heavy atom. The van der Waals surface area contributed by atoms with Crippen LogP contribution in [0.15, 0.2) is 16.9 Å². The first kappa shape index (κ1) is 10.7. The van der Waals surface area contributed by atoms with Gasteiger partial charge in [-0.15, -0.1) is 0 Å². The van der Waals surface area contributed by atoms with Gasteiger partial charge in [0.15, 0.2) is 0 Å². The topological polar surface area (TPSA) is 63.0 Å². The molecule has 0 atom stereocenters. The fourth-order valence-electron chi connectivity index (χ4n) is 0.905. The number of rotatable bonds is 2. The third-order valence-electron chi connectivity index (χ3n) is 1.59. The molecule has 0 saturated carbocycles. The van der Waals surface area contributed by atoms with Crippen LogP contribution in [0.5, 0.6) is 0 Å². The Morgan fingerprint density at radius 3 is 3.07 bits per heavy atom. The molecule has 1 rings (SSSR count). The predicted octanol–water partition coefficient (Wildman–Crippen LogP) is 1.43. The summed E-state index contributed by atoms with van der Waals surface area (Å²) in [5, 5.41) is 8.70. The summed E-state index contributed by atoms with van der Waals surface area (Å²) in [4.78, 5) is 14.8. The Hall–Kier alpha value is -1.41. The van der Waals surface area contributed by atoms with Crippen LogP contribution >= 0.6 is 15.9 Å². The molecule has 0 saturated heterocycles. The second-order valence-corrected chi connectivity index (χ2v) is 3.30. The van der Waals surface area contributed by atoms with Gasteiger partial charge in [-0.2, -0.15) is 5.26 Å². The van der Waals surface area contributed by atoms with Crippen LogP contribution in [-0.4, -0.2) is 18.1 Å². The Labute approximate surface area is 89.6 Å². The molecule has 0 aliphatic carbocycles. The van der Waals surface area contributed by atoms with Crippen molar-refractivity contribution >= 4 is 21.9 Å². The van der Waals surface area contributed by atoms with E-state index in [0.29, 0.717) is 15.7 Å². The lowest BCUT2D eigenvalue weighted by molar-refractivity contribution is -0.139. The normalized spacial score (nSPS) is 9.21. The molecule has 0 aliphatic heterocycles. The van der Waals surface area contributed by atoms with Crippen LogP contribution in [0, 0.1) is 11.3 Å². The van der Waals surface area contributed by atoms with Gasteiger partial charge in [-0.05, 0) is 27.6 Å². The number of methoxy groups -OCH3 is 1. The van der Waals surface area contributed by atoms with E-state index < -0.39 is 0 Å². The van der Waals surface area contributed by atoms with E-state index >= 15 is 0 Å². The lowest BCUT2D eigenvalue weighted by Gasteiger charge is -2.00. The van der Waals surface area contributed by atoms with E-state index in [9.17, 15) is 4.79 Å². The molecule has 14 heavy (non-hydrogen) atoms. The molecule has 72 valence electrons. The number of carbonyl (C=O) groups is 1. The molecule has 0 fully saturated rings. The van der Waals surface area contributed by atoms with Crippen molar-refractivity contribution in [1.82, 2.24) is 4.98 Å². The maximum Gasteiger partial charge on any atom is 0.310 e. The summed E-state index contributed by atoms with van der Waals surface area (Å²) in [7, 11) is 1.32. The van der Waals surface area contributed by atoms with Crippen molar-refractivity contribution < 1.29 is 9.53 Å². The number of nitrogens with zero attached hydrogens (tertiary/aromatic N) is 2. The number of hydrogen-bond acceptors (Lipinski definition) is 4. The summed E-state index contributed by atoms with van der Waals surface area (Å²) in [5.74, 6) is -0.349. The zero-order chi connectivity index (χ0) is 10.6. The molecular weight excluding hydrogens is 248 g/mol. The summed E-state index contributed by atoms with van der Waals surface area (Å²) < 4.78 is 4.98. The van der Waals surface area contributed by atoms with Crippen molar-refractivity contribution in [3.63, 3.8) is 0 Å². The Bertz CT molecular complexity index is 398. The van der Waals surface area contributed by atoms with Crippen LogP contribution in [0.1, 0.15) is 11.1 Å². The van der Waals surface area contributed by atoms with E-state index in [1.54, 1.807) is 6.07 Å². The third-order valence-corrected chi connectivity index (χ3v) is 2.22. The molecule has 4 nitrogen and oxygen atoms in total. The third kappa shape index (κ3) is 2.54. The van der Waals surface area contributed by atoms with Crippen molar-refractivity contribution in [3.05, 3.63) is 28.0 Å². The highest BCUT2D eigenvalue weighted by atomic mass is 79.9. The summed E-state index contributed by atoms with van der Waals surface area (Å²) >= 11 is 3.12. The van der Waals surface area contributed by atoms with E-state index in [1.165, 1.54) is 13.3 Å². The van der Waals surface area contributed by atoms with E-state index in [1.807, 2.05) is 6.07 Å². The van der Waals surface area contributed by atoms with Gasteiger partial charge in [-0.3, -0.25) is 4.79 Å². The first-order valence-corrected chi connectivity index (χ1v) is 4.58. The standard InChI is InChI=1S/C9H7BrN2O2/c1-14-8(13)3-6-2-7(4-11)9(10)12-5-6/h2,5H,3H2,1H3. The molecule has 1 heterocycles. The fraction of sp³-hybridized carbons (Fsp3) is 0.222. The predicted molar refractivity (Wildman–Crippen MR) is 52.4 cm³/mol. The molecule has 0 aliphatic rings. The van der Waals surface area contributed by atoms with Gasteiger partial charge < -0.3 is 4.74 Å². The van der Waals surface area contributed by atoms with Crippen LogP contribution in [0.2, 0.25) is 0 Å². The first-order chi connectivity index (χ1) is 6.67. The van der Waals surface area contributed by atoms with Gasteiger partial charge in [0.2, 0.25) is 0 Å². The van der Waals surface area contributed by atoms with Crippen molar-refractivity contribution in [3.8, 4) is 6.07 Å². The molecule has 1 aromatic rings. The second kappa shape index (κ2) is 4.72. The molecule has 0 aromatic carbocycles. The van der Waals surface area contributed by atoms with Gasteiger partial charge in [0.25, 0.3) is 0 Å². The van der Waals surface area contributed by atoms with Gasteiger partial charge >= 0.3 is 5.97 Å². The van der Waals surface area contributed by atoms with E-state index in [0.717, 1.165) is 0 Å².